The van der Waals surface area contributed by atoms with E-state index in [2.05, 4.69) is 104 Å². The maximum absolute atomic E-state index is 13.6. The molecule has 0 bridgehead atoms. The fraction of sp³-hybridized carbons (Fsp3) is 0.267. The lowest BCUT2D eigenvalue weighted by Gasteiger charge is -2.14. The molecule has 10 aromatic rings. The quantitative estimate of drug-likeness (QED) is 0.0185. The smallest absolute Gasteiger partial charge is 0.339 e. The second-order valence-electron chi connectivity index (χ2n) is 20.8. The first-order chi connectivity index (χ1) is 46.9. The molecule has 0 spiro atoms. The van der Waals surface area contributed by atoms with Crippen LogP contribution in [0.2, 0.25) is 5.15 Å². The van der Waals surface area contributed by atoms with E-state index in [1.54, 1.807) is 12.4 Å². The van der Waals surface area contributed by atoms with Crippen LogP contribution in [0.5, 0.6) is 23.4 Å². The largest absolute Gasteiger partial charge is 0.480 e. The number of hydrogen-bond acceptors (Lipinski definition) is 20. The predicted octanol–water partition coefficient (Wildman–Crippen LogP) is 15.8. The van der Waals surface area contributed by atoms with E-state index < -0.39 is 57.6 Å². The number of hydrogen-bond donors (Lipinski definition) is 4. The van der Waals surface area contributed by atoms with Crippen LogP contribution in [0.3, 0.4) is 0 Å². The number of carbonyl (C=O) groups excluding carboxylic acids is 2. The van der Waals surface area contributed by atoms with Gasteiger partial charge in [0.1, 0.15) is 47.7 Å². The van der Waals surface area contributed by atoms with Gasteiger partial charge in [0.15, 0.2) is 46.5 Å². The molecule has 6 heterocycles. The molecular weight excluding hydrogens is 1450 g/mol. The molecule has 38 heteroatoms. The molecule has 4 aromatic carbocycles. The molecule has 6 aromatic heterocycles. The van der Waals surface area contributed by atoms with Crippen LogP contribution in [0.25, 0.3) is 44.8 Å². The lowest BCUT2D eigenvalue weighted by atomic mass is 10.2. The Bertz CT molecular complexity index is 4500. The van der Waals surface area contributed by atoms with Crippen molar-refractivity contribution < 1.29 is 68.2 Å². The van der Waals surface area contributed by atoms with Crippen molar-refractivity contribution in [3.63, 3.8) is 0 Å². The summed E-state index contributed by atoms with van der Waals surface area (Å²) in [6, 6.07) is 9.71. The number of rotatable bonds is 15. The maximum atomic E-state index is 13.6. The Morgan fingerprint density at radius 1 is 0.561 bits per heavy atom. The zero-order valence-electron chi connectivity index (χ0n) is 51.0. The number of alkyl halides is 2. The van der Waals surface area contributed by atoms with Crippen molar-refractivity contribution in [2.75, 3.05) is 48.4 Å². The van der Waals surface area contributed by atoms with Crippen LogP contribution in [0.1, 0.15) is 73.8 Å². The molecule has 0 radical (unpaired) electrons. The number of nitrogens with two attached hydrogens (primary N) is 1. The summed E-state index contributed by atoms with van der Waals surface area (Å²) in [5.74, 6) is -5.90. The molecule has 0 atom stereocenters. The second kappa shape index (κ2) is 34.7. The van der Waals surface area contributed by atoms with Gasteiger partial charge in [0.2, 0.25) is 17.5 Å². The first-order valence-electron chi connectivity index (χ1n) is 28.6. The average molecular weight is 1510 g/mol. The highest BCUT2D eigenvalue weighted by Gasteiger charge is 2.33. The Morgan fingerprint density at radius 2 is 0.959 bits per heavy atom. The van der Waals surface area contributed by atoms with Gasteiger partial charge in [-0.25, -0.2) is 80.0 Å². The standard InChI is InChI=1S/C15H14F2N4O2.C15H12F2N4O.C14H9ClF2N4.C9H10F2N2.C6H6N2O3.CH2Cl2.Cl3OP/c1-23-15-9(6-18-7-19-15)14(22)21-13-5-11(17)10(16)4-12(13)20-8-2-3-8;1-22-15-9(6-18-7-19-15)14-20-12-4-10(16)11(17)5-13(12)21(14)8-2-3-8;15-13-8(5-18-6-19-13)14-20-11-3-9(16)10(17)4-12(11)21(14)7-1-2-7;10-6-3-8(12)9(4-7(6)11)13-5-1-2-5;1-10-6-5(11-4-9)2-7-3-8-6;2-1-3;1-5(2,3)4/h4-8,20H,2-3H2,1H3,(H,21,22);4-8H,2-3H2,1H3;3-7H,1-2H2;3-5,13H,1-2,12H2;2-4H,1H3;1H2;. The number of benzene rings is 4. The van der Waals surface area contributed by atoms with Gasteiger partial charge in [0, 0.05) is 91.3 Å². The van der Waals surface area contributed by atoms with Crippen molar-refractivity contribution in [3.05, 3.63) is 156 Å². The fourth-order valence-electron chi connectivity index (χ4n) is 8.83. The molecule has 14 rings (SSSR count). The number of nitrogen functional groups attached to an aromatic ring is 1. The van der Waals surface area contributed by atoms with Crippen molar-refractivity contribution in [3.8, 4) is 46.2 Å². The number of anilines is 4. The van der Waals surface area contributed by atoms with Crippen molar-refractivity contribution in [2.24, 2.45) is 0 Å². The van der Waals surface area contributed by atoms with Gasteiger partial charge >= 0.3 is 5.20 Å². The van der Waals surface area contributed by atoms with Gasteiger partial charge in [0.25, 0.3) is 18.3 Å². The highest BCUT2D eigenvalue weighted by atomic mass is 36.0. The Kier molecular flexibility index (Phi) is 26.6. The Hall–Kier alpha value is -8.71. The van der Waals surface area contributed by atoms with Gasteiger partial charge < -0.3 is 49.8 Å². The third-order valence-corrected chi connectivity index (χ3v) is 14.0. The monoisotopic (exact) mass is 1500 g/mol. The number of imidazole rings is 2. The van der Waals surface area contributed by atoms with E-state index in [-0.39, 0.29) is 63.1 Å². The maximum Gasteiger partial charge on any atom is 0.339 e. The zero-order chi connectivity index (χ0) is 71.0. The number of carbonyl (C=O) groups is 2. The van der Waals surface area contributed by atoms with Gasteiger partial charge in [-0.3, -0.25) is 14.2 Å². The summed E-state index contributed by atoms with van der Waals surface area (Å²) in [6.07, 6.45) is 19.0. The third-order valence-electron chi connectivity index (χ3n) is 13.7. The molecule has 4 aliphatic carbocycles. The van der Waals surface area contributed by atoms with Crippen molar-refractivity contribution in [2.45, 2.75) is 75.5 Å². The summed E-state index contributed by atoms with van der Waals surface area (Å²) in [4.78, 5) is 62.0. The van der Waals surface area contributed by atoms with Gasteiger partial charge in [-0.1, -0.05) is 11.6 Å². The van der Waals surface area contributed by atoms with E-state index in [0.717, 1.165) is 87.8 Å². The molecule has 4 saturated carbocycles. The Morgan fingerprint density at radius 3 is 1.44 bits per heavy atom. The molecule has 5 N–H and O–H groups in total. The van der Waals surface area contributed by atoms with Crippen LogP contribution >= 0.6 is 73.7 Å². The lowest BCUT2D eigenvalue weighted by molar-refractivity contribution is -0.120. The minimum atomic E-state index is -3.22. The summed E-state index contributed by atoms with van der Waals surface area (Å²) in [7, 11) is 4.31. The number of fused-ring (bicyclic) bond motifs is 2. The molecule has 4 aliphatic rings. The van der Waals surface area contributed by atoms with Crippen molar-refractivity contribution in [1.82, 2.24) is 59.0 Å². The van der Waals surface area contributed by atoms with E-state index >= 15 is 0 Å². The lowest BCUT2D eigenvalue weighted by Crippen LogP contribution is -2.16. The molecule has 1 amide bonds. The Labute approximate surface area is 580 Å². The van der Waals surface area contributed by atoms with Gasteiger partial charge in [0.05, 0.1) is 88.8 Å². The Balaban J connectivity index is 0.000000155. The minimum absolute atomic E-state index is 0.0942. The number of nitrogens with zero attached hydrogens (tertiary/aromatic N) is 12. The molecular formula is C60H53Cl6F8N16O7P. The number of halogens is 14. The molecule has 98 heavy (non-hydrogen) atoms. The topological polar surface area (TPSA) is 289 Å². The van der Waals surface area contributed by atoms with Crippen LogP contribution in [-0.4, -0.2) is 110 Å². The fourth-order valence-corrected chi connectivity index (χ4v) is 9.01. The van der Waals surface area contributed by atoms with E-state index in [4.69, 9.17) is 54.7 Å². The highest BCUT2D eigenvalue weighted by Crippen LogP contribution is 2.61. The van der Waals surface area contributed by atoms with E-state index in [1.165, 1.54) is 71.2 Å². The number of aromatic nitrogens is 12. The van der Waals surface area contributed by atoms with Gasteiger partial charge in [-0.05, 0) is 85.1 Å². The van der Waals surface area contributed by atoms with Crippen LogP contribution in [0, 0.1) is 46.5 Å². The van der Waals surface area contributed by atoms with E-state index in [1.807, 2.05) is 9.13 Å². The molecule has 0 aliphatic heterocycles. The molecule has 518 valence electrons. The van der Waals surface area contributed by atoms with E-state index in [9.17, 15) is 49.3 Å². The average Bonchev–Trinajstić information content (AvgIpc) is 1.61. The third kappa shape index (κ3) is 20.9. The minimum Gasteiger partial charge on any atom is -0.480 e. The summed E-state index contributed by atoms with van der Waals surface area (Å²) in [5, 5.41) is 5.85. The predicted molar refractivity (Wildman–Crippen MR) is 353 cm³/mol. The van der Waals surface area contributed by atoms with Crippen LogP contribution in [0.4, 0.5) is 57.9 Å². The summed E-state index contributed by atoms with van der Waals surface area (Å²) in [6.45, 7) is 0.293. The molecule has 0 saturated heterocycles. The molecule has 23 nitrogen and oxygen atoms in total. The first-order valence-corrected chi connectivity index (χ1v) is 34.5. The van der Waals surface area contributed by atoms with Gasteiger partial charge in [-0.15, -0.1) is 23.2 Å². The number of ether oxygens (including phenoxy) is 4. The van der Waals surface area contributed by atoms with Crippen molar-refractivity contribution >= 4 is 131 Å². The van der Waals surface area contributed by atoms with Crippen molar-refractivity contribution in [1.29, 1.82) is 0 Å². The molecule has 0 unspecified atom stereocenters. The van der Waals surface area contributed by atoms with Gasteiger partial charge in [-0.2, -0.15) is 4.98 Å². The summed E-state index contributed by atoms with van der Waals surface area (Å²) < 4.78 is 139. The highest BCUT2D eigenvalue weighted by molar-refractivity contribution is 8.24. The van der Waals surface area contributed by atoms with Crippen LogP contribution in [-0.2, 0) is 9.36 Å². The van der Waals surface area contributed by atoms with E-state index in [0.29, 0.717) is 74.6 Å². The van der Waals surface area contributed by atoms with Crippen LogP contribution in [0.15, 0.2) is 98.6 Å². The number of nitrogens with one attached hydrogen (secondary N) is 3. The summed E-state index contributed by atoms with van der Waals surface area (Å²) in [5.41, 5.74) is 9.91. The zero-order valence-corrected chi connectivity index (χ0v) is 56.5. The normalized spacial score (nSPS) is 13.5. The number of amides is 1. The molecule has 4 fully saturated rings. The van der Waals surface area contributed by atoms with Crippen LogP contribution < -0.4 is 40.6 Å². The first kappa shape index (κ1) is 75.1. The summed E-state index contributed by atoms with van der Waals surface area (Å²) >= 11 is 29.5. The SMILES string of the molecule is COc1ncncc1-c1nc2cc(F)c(F)cc2n1C1CC1.COc1ncncc1C(=O)Nc1cc(F)c(F)cc1NC1CC1.COc1ncncc1OC=O.ClCCl.Fc1cc2nc(-c3cncnc3Cl)n(C3CC3)c2cc1F.Nc1cc(F)c(F)cc1NC1CC1.O=P(Cl)(Cl)Cl. The second-order valence-corrected chi connectivity index (χ2v) is 28.6. The number of methoxy groups -OCH3 is 3.